The molecule has 2 aromatic rings. The number of halogens is 1. The molecule has 1 N–H and O–H groups in total. The summed E-state index contributed by atoms with van der Waals surface area (Å²) in [6.07, 6.45) is 1.29. The number of carbonyl (C=O) groups is 2. The number of aryl methyl sites for hydroxylation is 1. The van der Waals surface area contributed by atoms with E-state index in [9.17, 15) is 18.8 Å². The monoisotopic (exact) mass is 318 g/mol. The first-order valence-corrected chi connectivity index (χ1v) is 6.76. The molecule has 0 aliphatic rings. The van der Waals surface area contributed by atoms with E-state index in [2.05, 4.69) is 5.32 Å². The van der Waals surface area contributed by atoms with Gasteiger partial charge in [-0.25, -0.2) is 9.18 Å². The van der Waals surface area contributed by atoms with Crippen molar-refractivity contribution >= 4 is 11.9 Å². The second-order valence-electron chi connectivity index (χ2n) is 4.84. The molecular formula is C16H15FN2O4. The van der Waals surface area contributed by atoms with Crippen molar-refractivity contribution < 1.29 is 18.7 Å². The SMILES string of the molecule is CNC(=O)c1cc(C(=O)OCc2ccc(F)cc2)cn(C)c1=O. The number of esters is 1. The van der Waals surface area contributed by atoms with E-state index in [-0.39, 0.29) is 23.6 Å². The summed E-state index contributed by atoms with van der Waals surface area (Å²) in [5.41, 5.74) is 0.0366. The molecule has 0 bridgehead atoms. The first kappa shape index (κ1) is 16.4. The average Bonchev–Trinajstić information content (AvgIpc) is 2.55. The molecule has 1 amide bonds. The second-order valence-corrected chi connectivity index (χ2v) is 4.84. The van der Waals surface area contributed by atoms with Crippen LogP contribution in [0, 0.1) is 5.82 Å². The molecule has 1 heterocycles. The number of hydrogen-bond acceptors (Lipinski definition) is 4. The van der Waals surface area contributed by atoms with E-state index in [1.165, 1.54) is 50.6 Å². The van der Waals surface area contributed by atoms with Gasteiger partial charge in [0.15, 0.2) is 0 Å². The maximum absolute atomic E-state index is 12.8. The third-order valence-corrected chi connectivity index (χ3v) is 3.17. The van der Waals surface area contributed by atoms with Gasteiger partial charge in [0, 0.05) is 20.3 Å². The molecule has 0 radical (unpaired) electrons. The van der Waals surface area contributed by atoms with Crippen LogP contribution in [0.2, 0.25) is 0 Å². The summed E-state index contributed by atoms with van der Waals surface area (Å²) in [6.45, 7) is -0.0444. The lowest BCUT2D eigenvalue weighted by molar-refractivity contribution is 0.0471. The fourth-order valence-electron chi connectivity index (χ4n) is 1.93. The van der Waals surface area contributed by atoms with Crippen molar-refractivity contribution in [3.63, 3.8) is 0 Å². The average molecular weight is 318 g/mol. The Balaban J connectivity index is 2.19. The van der Waals surface area contributed by atoms with Gasteiger partial charge in [0.1, 0.15) is 18.0 Å². The lowest BCUT2D eigenvalue weighted by Crippen LogP contribution is -2.31. The zero-order valence-corrected chi connectivity index (χ0v) is 12.6. The number of benzene rings is 1. The topological polar surface area (TPSA) is 77.4 Å². The molecule has 0 fully saturated rings. The summed E-state index contributed by atoms with van der Waals surface area (Å²) in [4.78, 5) is 35.6. The van der Waals surface area contributed by atoms with Gasteiger partial charge >= 0.3 is 5.97 Å². The zero-order valence-electron chi connectivity index (χ0n) is 12.6. The van der Waals surface area contributed by atoms with E-state index in [1.54, 1.807) is 0 Å². The highest BCUT2D eigenvalue weighted by molar-refractivity contribution is 5.97. The third kappa shape index (κ3) is 3.82. The summed E-state index contributed by atoms with van der Waals surface area (Å²) < 4.78 is 19.1. The molecule has 0 aliphatic heterocycles. The number of aromatic nitrogens is 1. The number of carbonyl (C=O) groups excluding carboxylic acids is 2. The molecule has 120 valence electrons. The molecule has 0 unspecified atom stereocenters. The predicted molar refractivity (Wildman–Crippen MR) is 80.6 cm³/mol. The molecule has 0 aliphatic carbocycles. The van der Waals surface area contributed by atoms with Crippen LogP contribution in [0.4, 0.5) is 4.39 Å². The van der Waals surface area contributed by atoms with Crippen LogP contribution in [0.15, 0.2) is 41.3 Å². The molecule has 0 saturated heterocycles. The fourth-order valence-corrected chi connectivity index (χ4v) is 1.93. The molecular weight excluding hydrogens is 303 g/mol. The standard InChI is InChI=1S/C16H15FN2O4/c1-18-14(20)13-7-11(8-19(2)15(13)21)16(22)23-9-10-3-5-12(17)6-4-10/h3-8H,9H2,1-2H3,(H,18,20). The van der Waals surface area contributed by atoms with E-state index in [0.29, 0.717) is 5.56 Å². The number of rotatable bonds is 4. The predicted octanol–water partition coefficient (Wildman–Crippen LogP) is 1.24. The number of nitrogens with one attached hydrogen (secondary N) is 1. The van der Waals surface area contributed by atoms with E-state index in [4.69, 9.17) is 4.74 Å². The number of hydrogen-bond donors (Lipinski definition) is 1. The molecule has 0 saturated carbocycles. The largest absolute Gasteiger partial charge is 0.457 e. The maximum atomic E-state index is 12.8. The zero-order chi connectivity index (χ0) is 17.0. The molecule has 1 aromatic carbocycles. The number of ether oxygens (including phenoxy) is 1. The highest BCUT2D eigenvalue weighted by atomic mass is 19.1. The van der Waals surface area contributed by atoms with Crippen molar-refractivity contribution in [3.05, 3.63) is 69.4 Å². The van der Waals surface area contributed by atoms with Crippen molar-refractivity contribution in [1.82, 2.24) is 9.88 Å². The molecule has 2 rings (SSSR count). The third-order valence-electron chi connectivity index (χ3n) is 3.17. The van der Waals surface area contributed by atoms with Gasteiger partial charge in [-0.1, -0.05) is 12.1 Å². The lowest BCUT2D eigenvalue weighted by atomic mass is 10.2. The van der Waals surface area contributed by atoms with Gasteiger partial charge in [0.05, 0.1) is 5.56 Å². The number of pyridine rings is 1. The maximum Gasteiger partial charge on any atom is 0.339 e. The first-order valence-electron chi connectivity index (χ1n) is 6.76. The van der Waals surface area contributed by atoms with Gasteiger partial charge < -0.3 is 14.6 Å². The summed E-state index contributed by atoms with van der Waals surface area (Å²) in [7, 11) is 2.83. The van der Waals surface area contributed by atoms with E-state index in [0.717, 1.165) is 4.57 Å². The molecule has 23 heavy (non-hydrogen) atoms. The summed E-state index contributed by atoms with van der Waals surface area (Å²) in [6, 6.07) is 6.71. The molecule has 7 heteroatoms. The van der Waals surface area contributed by atoms with E-state index < -0.39 is 17.4 Å². The van der Waals surface area contributed by atoms with Crippen LogP contribution in [0.1, 0.15) is 26.3 Å². The highest BCUT2D eigenvalue weighted by Crippen LogP contribution is 2.08. The Hall–Kier alpha value is -2.96. The summed E-state index contributed by atoms with van der Waals surface area (Å²) in [5, 5.41) is 2.34. The quantitative estimate of drug-likeness (QED) is 0.861. The van der Waals surface area contributed by atoms with Gasteiger partial charge in [0.25, 0.3) is 11.5 Å². The fraction of sp³-hybridized carbons (Fsp3) is 0.188. The second kappa shape index (κ2) is 6.87. The molecule has 0 atom stereocenters. The van der Waals surface area contributed by atoms with Crippen molar-refractivity contribution in [2.45, 2.75) is 6.61 Å². The Kier molecular flexibility index (Phi) is 4.90. The van der Waals surface area contributed by atoms with Crippen molar-refractivity contribution in [1.29, 1.82) is 0 Å². The van der Waals surface area contributed by atoms with E-state index >= 15 is 0 Å². The van der Waals surface area contributed by atoms with E-state index in [1.807, 2.05) is 0 Å². The van der Waals surface area contributed by atoms with Crippen LogP contribution >= 0.6 is 0 Å². The van der Waals surface area contributed by atoms with Crippen LogP contribution < -0.4 is 10.9 Å². The van der Waals surface area contributed by atoms with Crippen LogP contribution in [0.3, 0.4) is 0 Å². The van der Waals surface area contributed by atoms with Crippen LogP contribution in [0.5, 0.6) is 0 Å². The van der Waals surface area contributed by atoms with Crippen LogP contribution in [-0.2, 0) is 18.4 Å². The van der Waals surface area contributed by atoms with Gasteiger partial charge in [-0.15, -0.1) is 0 Å². The van der Waals surface area contributed by atoms with Gasteiger partial charge in [-0.2, -0.15) is 0 Å². The minimum Gasteiger partial charge on any atom is -0.457 e. The van der Waals surface area contributed by atoms with Gasteiger partial charge in [-0.3, -0.25) is 9.59 Å². The van der Waals surface area contributed by atoms with Crippen molar-refractivity contribution in [3.8, 4) is 0 Å². The molecule has 6 nitrogen and oxygen atoms in total. The molecule has 1 aromatic heterocycles. The van der Waals surface area contributed by atoms with Gasteiger partial charge in [0.2, 0.25) is 0 Å². The number of amides is 1. The van der Waals surface area contributed by atoms with Crippen molar-refractivity contribution in [2.24, 2.45) is 7.05 Å². The van der Waals surface area contributed by atoms with Crippen molar-refractivity contribution in [2.75, 3.05) is 7.05 Å². The normalized spacial score (nSPS) is 10.2. The van der Waals surface area contributed by atoms with Crippen LogP contribution in [-0.4, -0.2) is 23.5 Å². The Morgan fingerprint density at radius 2 is 1.91 bits per heavy atom. The van der Waals surface area contributed by atoms with Gasteiger partial charge in [-0.05, 0) is 23.8 Å². The minimum atomic E-state index is -0.685. The summed E-state index contributed by atoms with van der Waals surface area (Å²) >= 11 is 0. The number of nitrogens with zero attached hydrogens (tertiary/aromatic N) is 1. The Bertz CT molecular complexity index is 797. The Labute approximate surface area is 131 Å². The molecule has 0 spiro atoms. The minimum absolute atomic E-state index is 0.0444. The highest BCUT2D eigenvalue weighted by Gasteiger charge is 2.16. The first-order chi connectivity index (χ1) is 10.9. The lowest BCUT2D eigenvalue weighted by Gasteiger charge is -2.08. The summed E-state index contributed by atoms with van der Waals surface area (Å²) in [5.74, 6) is -1.65. The van der Waals surface area contributed by atoms with Crippen LogP contribution in [0.25, 0.3) is 0 Å². The smallest absolute Gasteiger partial charge is 0.339 e. The Morgan fingerprint density at radius 3 is 2.52 bits per heavy atom. The Morgan fingerprint density at radius 1 is 1.26 bits per heavy atom.